The molecule has 0 aliphatic heterocycles. The summed E-state index contributed by atoms with van der Waals surface area (Å²) in [4.78, 5) is 33.3. The van der Waals surface area contributed by atoms with Gasteiger partial charge >= 0.3 is 11.8 Å². The average molecular weight is 398 g/mol. The van der Waals surface area contributed by atoms with E-state index in [1.165, 1.54) is 0 Å². The maximum atomic E-state index is 12.5. The van der Waals surface area contributed by atoms with Gasteiger partial charge in [-0.1, -0.05) is 30.3 Å². The first kappa shape index (κ1) is 17.6. The van der Waals surface area contributed by atoms with Gasteiger partial charge in [0.15, 0.2) is 11.2 Å². The molecule has 2 aromatic heterocycles. The molecule has 0 saturated carbocycles. The Labute approximate surface area is 169 Å². The van der Waals surface area contributed by atoms with Crippen molar-refractivity contribution in [1.82, 2.24) is 9.97 Å². The van der Waals surface area contributed by atoms with Crippen LogP contribution in [0.25, 0.3) is 22.2 Å². The van der Waals surface area contributed by atoms with Gasteiger partial charge in [-0.2, -0.15) is 0 Å². The molecule has 0 spiro atoms. The van der Waals surface area contributed by atoms with Gasteiger partial charge in [0.25, 0.3) is 11.8 Å². The lowest BCUT2D eigenvalue weighted by Crippen LogP contribution is -2.14. The van der Waals surface area contributed by atoms with E-state index >= 15 is 0 Å². The normalized spacial score (nSPS) is 10.9. The Morgan fingerprint density at radius 1 is 0.633 bits per heavy atom. The molecule has 146 valence electrons. The molecule has 0 bridgehead atoms. The highest BCUT2D eigenvalue weighted by atomic mass is 16.4. The Hall–Kier alpha value is -4.46. The monoisotopic (exact) mass is 398 g/mol. The number of hydrogen-bond acceptors (Lipinski definition) is 6. The summed E-state index contributed by atoms with van der Waals surface area (Å²) in [5.74, 6) is -1.07. The van der Waals surface area contributed by atoms with Crippen LogP contribution in [0.4, 0.5) is 11.4 Å². The van der Waals surface area contributed by atoms with E-state index in [1.807, 2.05) is 12.1 Å². The summed E-state index contributed by atoms with van der Waals surface area (Å²) in [6.45, 7) is 0. The summed E-state index contributed by atoms with van der Waals surface area (Å²) in [5.41, 5.74) is 3.20. The maximum Gasteiger partial charge on any atom is 0.311 e. The van der Waals surface area contributed by atoms with Crippen molar-refractivity contribution >= 4 is 45.4 Å². The van der Waals surface area contributed by atoms with Gasteiger partial charge in [-0.3, -0.25) is 9.59 Å². The lowest BCUT2D eigenvalue weighted by Gasteiger charge is -2.06. The number of aromatic nitrogens is 2. The third kappa shape index (κ3) is 3.37. The minimum Gasteiger partial charge on any atom is -0.432 e. The SMILES string of the molecule is O=C(Nc1cccc(NC(=O)c2nc3ccccc3o2)c1)c1nc2ccccc2o1. The number of nitrogens with one attached hydrogen (secondary N) is 2. The van der Waals surface area contributed by atoms with E-state index in [2.05, 4.69) is 20.6 Å². The zero-order chi connectivity index (χ0) is 20.5. The highest BCUT2D eigenvalue weighted by Crippen LogP contribution is 2.20. The summed E-state index contributed by atoms with van der Waals surface area (Å²) in [6, 6.07) is 20.9. The van der Waals surface area contributed by atoms with Crippen molar-refractivity contribution < 1.29 is 18.4 Å². The van der Waals surface area contributed by atoms with E-state index < -0.39 is 11.8 Å². The fourth-order valence-electron chi connectivity index (χ4n) is 2.98. The van der Waals surface area contributed by atoms with Crippen molar-refractivity contribution in [2.24, 2.45) is 0 Å². The molecule has 0 fully saturated rings. The number of nitrogens with zero attached hydrogens (tertiary/aromatic N) is 2. The molecule has 30 heavy (non-hydrogen) atoms. The van der Waals surface area contributed by atoms with Crippen molar-refractivity contribution in [2.45, 2.75) is 0 Å². The molecular formula is C22H14N4O4. The van der Waals surface area contributed by atoms with Gasteiger partial charge in [0.2, 0.25) is 0 Å². The van der Waals surface area contributed by atoms with Crippen LogP contribution < -0.4 is 10.6 Å². The number of fused-ring (bicyclic) bond motifs is 2. The Morgan fingerprint density at radius 3 is 1.57 bits per heavy atom. The first-order valence-electron chi connectivity index (χ1n) is 9.10. The molecule has 0 aliphatic carbocycles. The van der Waals surface area contributed by atoms with Crippen molar-refractivity contribution in [3.05, 3.63) is 84.6 Å². The van der Waals surface area contributed by atoms with Crippen LogP contribution in [-0.4, -0.2) is 21.8 Å². The fourth-order valence-corrected chi connectivity index (χ4v) is 2.98. The molecule has 2 heterocycles. The second kappa shape index (κ2) is 7.17. The third-order valence-corrected chi connectivity index (χ3v) is 4.35. The van der Waals surface area contributed by atoms with Crippen molar-refractivity contribution in [3.8, 4) is 0 Å². The second-order valence-electron chi connectivity index (χ2n) is 6.46. The van der Waals surface area contributed by atoms with Crippen LogP contribution in [0, 0.1) is 0 Å². The molecule has 2 N–H and O–H groups in total. The summed E-state index contributed by atoms with van der Waals surface area (Å²) in [6.07, 6.45) is 0. The quantitative estimate of drug-likeness (QED) is 0.462. The predicted molar refractivity (Wildman–Crippen MR) is 110 cm³/mol. The van der Waals surface area contributed by atoms with Crippen LogP contribution in [0.2, 0.25) is 0 Å². The summed E-state index contributed by atoms with van der Waals surface area (Å²) in [7, 11) is 0. The van der Waals surface area contributed by atoms with E-state index in [4.69, 9.17) is 8.83 Å². The minimum absolute atomic E-state index is 0.0443. The van der Waals surface area contributed by atoms with Gasteiger partial charge in [0.05, 0.1) is 0 Å². The number of carbonyl (C=O) groups excluding carboxylic acids is 2. The topological polar surface area (TPSA) is 110 Å². The van der Waals surface area contributed by atoms with Gasteiger partial charge in [-0.25, -0.2) is 9.97 Å². The van der Waals surface area contributed by atoms with Crippen molar-refractivity contribution in [1.29, 1.82) is 0 Å². The summed E-state index contributed by atoms with van der Waals surface area (Å²) < 4.78 is 10.9. The molecule has 0 saturated heterocycles. The zero-order valence-electron chi connectivity index (χ0n) is 15.5. The van der Waals surface area contributed by atoms with Gasteiger partial charge in [0, 0.05) is 11.4 Å². The Kier molecular flexibility index (Phi) is 4.21. The minimum atomic E-state index is -0.492. The first-order chi connectivity index (χ1) is 14.7. The molecule has 2 amide bonds. The highest BCUT2D eigenvalue weighted by Gasteiger charge is 2.16. The molecule has 8 nitrogen and oxygen atoms in total. The van der Waals surface area contributed by atoms with E-state index in [-0.39, 0.29) is 11.8 Å². The van der Waals surface area contributed by atoms with E-state index in [1.54, 1.807) is 60.7 Å². The molecule has 5 aromatic rings. The third-order valence-electron chi connectivity index (χ3n) is 4.35. The van der Waals surface area contributed by atoms with Crippen LogP contribution >= 0.6 is 0 Å². The number of oxazole rings is 2. The van der Waals surface area contributed by atoms with Gasteiger partial charge in [-0.15, -0.1) is 0 Å². The van der Waals surface area contributed by atoms with Crippen LogP contribution in [0.1, 0.15) is 21.4 Å². The summed E-state index contributed by atoms with van der Waals surface area (Å²) >= 11 is 0. The zero-order valence-corrected chi connectivity index (χ0v) is 15.5. The van der Waals surface area contributed by atoms with Crippen LogP contribution in [0.3, 0.4) is 0 Å². The Balaban J connectivity index is 1.32. The Morgan fingerprint density at radius 2 is 1.10 bits per heavy atom. The van der Waals surface area contributed by atoms with Crippen LogP contribution in [0.5, 0.6) is 0 Å². The summed E-state index contributed by atoms with van der Waals surface area (Å²) in [5, 5.41) is 5.42. The average Bonchev–Trinajstić information content (AvgIpc) is 3.38. The van der Waals surface area contributed by atoms with Gasteiger partial charge in [-0.05, 0) is 42.5 Å². The lowest BCUT2D eigenvalue weighted by molar-refractivity contribution is 0.0986. The smallest absolute Gasteiger partial charge is 0.311 e. The number of rotatable bonds is 4. The number of carbonyl (C=O) groups is 2. The van der Waals surface area contributed by atoms with Crippen LogP contribution in [0.15, 0.2) is 81.6 Å². The van der Waals surface area contributed by atoms with Crippen LogP contribution in [-0.2, 0) is 0 Å². The largest absolute Gasteiger partial charge is 0.432 e. The molecule has 0 aliphatic rings. The number of amides is 2. The number of para-hydroxylation sites is 4. The van der Waals surface area contributed by atoms with Gasteiger partial charge in [0.1, 0.15) is 11.0 Å². The molecule has 5 rings (SSSR count). The Bertz CT molecular complexity index is 1230. The number of hydrogen-bond donors (Lipinski definition) is 2. The standard InChI is InChI=1S/C22H14N4O4/c27-19(21-25-15-8-1-3-10-17(15)29-21)23-13-6-5-7-14(12-13)24-20(28)22-26-16-9-2-4-11-18(16)30-22/h1-12H,(H,23,27)(H,24,28). The molecule has 3 aromatic carbocycles. The molecule has 0 atom stereocenters. The number of anilines is 2. The van der Waals surface area contributed by atoms with Crippen molar-refractivity contribution in [3.63, 3.8) is 0 Å². The number of benzene rings is 3. The molecular weight excluding hydrogens is 384 g/mol. The molecule has 8 heteroatoms. The lowest BCUT2D eigenvalue weighted by atomic mass is 10.2. The van der Waals surface area contributed by atoms with E-state index in [0.717, 1.165) is 0 Å². The molecule has 0 radical (unpaired) electrons. The predicted octanol–water partition coefficient (Wildman–Crippen LogP) is 4.47. The van der Waals surface area contributed by atoms with Gasteiger partial charge < -0.3 is 19.5 Å². The van der Waals surface area contributed by atoms with E-state index in [0.29, 0.717) is 33.6 Å². The second-order valence-corrected chi connectivity index (χ2v) is 6.46. The van der Waals surface area contributed by atoms with Crippen molar-refractivity contribution in [2.75, 3.05) is 10.6 Å². The maximum absolute atomic E-state index is 12.5. The fraction of sp³-hybridized carbons (Fsp3) is 0. The highest BCUT2D eigenvalue weighted by molar-refractivity contribution is 6.04. The van der Waals surface area contributed by atoms with E-state index in [9.17, 15) is 9.59 Å². The molecule has 0 unspecified atom stereocenters. The first-order valence-corrected chi connectivity index (χ1v) is 9.10.